The summed E-state index contributed by atoms with van der Waals surface area (Å²) in [5, 5.41) is 0. The van der Waals surface area contributed by atoms with E-state index in [1.54, 1.807) is 15.8 Å². The minimum atomic E-state index is -0.356. The van der Waals surface area contributed by atoms with Crippen molar-refractivity contribution in [3.05, 3.63) is 63.8 Å². The van der Waals surface area contributed by atoms with Crippen LogP contribution in [0.15, 0.2) is 41.5 Å². The number of benzene rings is 1. The summed E-state index contributed by atoms with van der Waals surface area (Å²) in [6.45, 7) is 3.54. The molecular weight excluding hydrogens is 344 g/mol. The number of fused-ring (bicyclic) bond motifs is 1. The fraction of sp³-hybridized carbons (Fsp3) is 0.450. The van der Waals surface area contributed by atoms with Gasteiger partial charge in [0.2, 0.25) is 0 Å². The first-order valence-corrected chi connectivity index (χ1v) is 9.46. The van der Waals surface area contributed by atoms with Crippen LogP contribution in [0.1, 0.15) is 29.7 Å². The third-order valence-electron chi connectivity index (χ3n) is 5.21. The van der Waals surface area contributed by atoms with Crippen LogP contribution >= 0.6 is 0 Å². The average Bonchev–Trinajstić information content (AvgIpc) is 3.22. The first-order valence-electron chi connectivity index (χ1n) is 9.46. The number of hydrogen-bond donors (Lipinski definition) is 0. The summed E-state index contributed by atoms with van der Waals surface area (Å²) in [6.07, 6.45) is 4.14. The van der Waals surface area contributed by atoms with Crippen LogP contribution in [-0.4, -0.2) is 51.8 Å². The van der Waals surface area contributed by atoms with Gasteiger partial charge >= 0.3 is 6.09 Å². The lowest BCUT2D eigenvalue weighted by molar-refractivity contribution is 0.0505. The molecule has 142 valence electrons. The molecule has 0 saturated carbocycles. The van der Waals surface area contributed by atoms with E-state index in [0.29, 0.717) is 31.8 Å². The number of aromatic nitrogens is 2. The molecular formula is C20H24N4O3. The van der Waals surface area contributed by atoms with E-state index in [4.69, 9.17) is 4.74 Å². The topological polar surface area (TPSA) is 67.7 Å². The summed E-state index contributed by atoms with van der Waals surface area (Å²) in [6, 6.07) is 9.81. The number of nitrogens with zero attached hydrogens (tertiary/aromatic N) is 4. The maximum atomic E-state index is 12.9. The number of carbonyl (C=O) groups is 1. The lowest BCUT2D eigenvalue weighted by Crippen LogP contribution is -2.42. The Bertz CT molecular complexity index is 859. The molecule has 1 amide bonds. The van der Waals surface area contributed by atoms with E-state index >= 15 is 0 Å². The molecule has 1 saturated heterocycles. The summed E-state index contributed by atoms with van der Waals surface area (Å²) in [5.74, 6) is 0. The van der Waals surface area contributed by atoms with Crippen LogP contribution in [-0.2, 0) is 24.2 Å². The molecule has 0 N–H and O–H groups in total. The van der Waals surface area contributed by atoms with Gasteiger partial charge < -0.3 is 9.64 Å². The molecule has 0 radical (unpaired) electrons. The highest BCUT2D eigenvalue weighted by molar-refractivity contribution is 5.68. The monoisotopic (exact) mass is 368 g/mol. The maximum Gasteiger partial charge on any atom is 0.411 e. The van der Waals surface area contributed by atoms with Crippen molar-refractivity contribution >= 4 is 6.09 Å². The highest BCUT2D eigenvalue weighted by atomic mass is 16.6. The molecule has 2 aliphatic rings. The van der Waals surface area contributed by atoms with Gasteiger partial charge in [-0.2, -0.15) is 0 Å². The van der Waals surface area contributed by atoms with Crippen molar-refractivity contribution in [2.24, 2.45) is 0 Å². The zero-order valence-electron chi connectivity index (χ0n) is 15.3. The van der Waals surface area contributed by atoms with E-state index in [0.717, 1.165) is 37.2 Å². The highest BCUT2D eigenvalue weighted by Gasteiger charge is 2.26. The number of hydrogen-bond acceptors (Lipinski definition) is 5. The van der Waals surface area contributed by atoms with Crippen LogP contribution in [0.5, 0.6) is 0 Å². The van der Waals surface area contributed by atoms with E-state index in [1.165, 1.54) is 0 Å². The Morgan fingerprint density at radius 2 is 1.89 bits per heavy atom. The van der Waals surface area contributed by atoms with Crippen LogP contribution in [0, 0.1) is 0 Å². The first kappa shape index (κ1) is 17.7. The molecule has 0 atom stereocenters. The molecule has 1 fully saturated rings. The van der Waals surface area contributed by atoms with Gasteiger partial charge in [-0.25, -0.2) is 9.78 Å². The molecule has 7 nitrogen and oxygen atoms in total. The Morgan fingerprint density at radius 1 is 1.11 bits per heavy atom. The second-order valence-electron chi connectivity index (χ2n) is 7.12. The lowest BCUT2D eigenvalue weighted by Gasteiger charge is -2.28. The number of amides is 1. The van der Waals surface area contributed by atoms with Crippen molar-refractivity contribution in [1.82, 2.24) is 19.4 Å². The van der Waals surface area contributed by atoms with Gasteiger partial charge in [-0.05, 0) is 18.4 Å². The quantitative estimate of drug-likeness (QED) is 0.824. The van der Waals surface area contributed by atoms with Crippen LogP contribution < -0.4 is 5.56 Å². The number of ether oxygens (including phenoxy) is 1. The van der Waals surface area contributed by atoms with E-state index in [9.17, 15) is 9.59 Å². The predicted octanol–water partition coefficient (Wildman–Crippen LogP) is 1.84. The van der Waals surface area contributed by atoms with Crippen molar-refractivity contribution < 1.29 is 9.53 Å². The third kappa shape index (κ3) is 4.03. The Balaban J connectivity index is 1.45. The smallest absolute Gasteiger partial charge is 0.411 e. The van der Waals surface area contributed by atoms with Crippen LogP contribution in [0.4, 0.5) is 4.79 Å². The molecule has 27 heavy (non-hydrogen) atoms. The fourth-order valence-electron chi connectivity index (χ4n) is 3.65. The van der Waals surface area contributed by atoms with Gasteiger partial charge in [0.25, 0.3) is 5.56 Å². The summed E-state index contributed by atoms with van der Waals surface area (Å²) in [5.41, 5.74) is 2.34. The van der Waals surface area contributed by atoms with Gasteiger partial charge in [-0.3, -0.25) is 14.3 Å². The number of rotatable bonds is 4. The van der Waals surface area contributed by atoms with Crippen molar-refractivity contribution in [3.63, 3.8) is 0 Å². The van der Waals surface area contributed by atoms with Gasteiger partial charge in [0.1, 0.15) is 6.73 Å². The molecule has 0 spiro atoms. The molecule has 0 bridgehead atoms. The summed E-state index contributed by atoms with van der Waals surface area (Å²) in [7, 11) is 0. The second-order valence-corrected chi connectivity index (χ2v) is 7.12. The average molecular weight is 368 g/mol. The zero-order chi connectivity index (χ0) is 18.6. The SMILES string of the molecule is O=C(OCN1CCCC1)N1CCc2ncn(Cc3ccccc3)c(=O)c2C1. The lowest BCUT2D eigenvalue weighted by atomic mass is 10.1. The Kier molecular flexibility index (Phi) is 5.20. The Morgan fingerprint density at radius 3 is 2.67 bits per heavy atom. The number of likely N-dealkylation sites (tertiary alicyclic amines) is 1. The van der Waals surface area contributed by atoms with Gasteiger partial charge in [0.05, 0.1) is 30.7 Å². The van der Waals surface area contributed by atoms with Crippen LogP contribution in [0.25, 0.3) is 0 Å². The molecule has 2 aliphatic heterocycles. The van der Waals surface area contributed by atoms with Crippen LogP contribution in [0.3, 0.4) is 0 Å². The van der Waals surface area contributed by atoms with E-state index < -0.39 is 0 Å². The maximum absolute atomic E-state index is 12.9. The summed E-state index contributed by atoms with van der Waals surface area (Å²) < 4.78 is 7.03. The first-order chi connectivity index (χ1) is 13.2. The van der Waals surface area contributed by atoms with E-state index in [-0.39, 0.29) is 18.2 Å². The number of carbonyl (C=O) groups excluding carboxylic acids is 1. The van der Waals surface area contributed by atoms with Crippen molar-refractivity contribution in [2.45, 2.75) is 32.4 Å². The third-order valence-corrected chi connectivity index (χ3v) is 5.21. The molecule has 7 heteroatoms. The highest BCUT2D eigenvalue weighted by Crippen LogP contribution is 2.15. The summed E-state index contributed by atoms with van der Waals surface area (Å²) in [4.78, 5) is 33.5. The second kappa shape index (κ2) is 7.92. The molecule has 4 rings (SSSR count). The van der Waals surface area contributed by atoms with Crippen molar-refractivity contribution in [2.75, 3.05) is 26.4 Å². The molecule has 0 unspecified atom stereocenters. The Hall–Kier alpha value is -2.67. The minimum absolute atomic E-state index is 0.0825. The van der Waals surface area contributed by atoms with Gasteiger partial charge in [0.15, 0.2) is 0 Å². The molecule has 2 aromatic rings. The Labute approximate surface area is 158 Å². The van der Waals surface area contributed by atoms with Crippen molar-refractivity contribution in [3.8, 4) is 0 Å². The fourth-order valence-corrected chi connectivity index (χ4v) is 3.65. The standard InChI is InChI=1S/C20H24N4O3/c25-19-17-13-23(20(26)27-15-22-9-4-5-10-22)11-8-18(17)21-14-24(19)12-16-6-2-1-3-7-16/h1-3,6-7,14H,4-5,8-13,15H2. The molecule has 1 aromatic heterocycles. The molecule has 1 aromatic carbocycles. The van der Waals surface area contributed by atoms with Crippen molar-refractivity contribution in [1.29, 1.82) is 0 Å². The zero-order valence-corrected chi connectivity index (χ0v) is 15.3. The van der Waals surface area contributed by atoms with Gasteiger partial charge in [-0.15, -0.1) is 0 Å². The van der Waals surface area contributed by atoms with Gasteiger partial charge in [-0.1, -0.05) is 30.3 Å². The molecule has 0 aliphatic carbocycles. The predicted molar refractivity (Wildman–Crippen MR) is 100 cm³/mol. The largest absolute Gasteiger partial charge is 0.433 e. The van der Waals surface area contributed by atoms with Gasteiger partial charge in [0, 0.05) is 26.1 Å². The summed E-state index contributed by atoms with van der Waals surface area (Å²) >= 11 is 0. The van der Waals surface area contributed by atoms with Crippen LogP contribution in [0.2, 0.25) is 0 Å². The van der Waals surface area contributed by atoms with E-state index in [2.05, 4.69) is 9.88 Å². The normalized spacial score (nSPS) is 17.0. The minimum Gasteiger partial charge on any atom is -0.433 e. The van der Waals surface area contributed by atoms with E-state index in [1.807, 2.05) is 30.3 Å². The molecule has 3 heterocycles.